The molecule has 2 heteroatoms. The van der Waals surface area contributed by atoms with Crippen LogP contribution >= 0.6 is 0 Å². The van der Waals surface area contributed by atoms with Crippen LogP contribution in [0.25, 0.3) is 0 Å². The van der Waals surface area contributed by atoms with Crippen molar-refractivity contribution in [3.05, 3.63) is 11.6 Å². The van der Waals surface area contributed by atoms with Crippen molar-refractivity contribution in [2.45, 2.75) is 97.6 Å². The summed E-state index contributed by atoms with van der Waals surface area (Å²) in [5, 5.41) is 0. The van der Waals surface area contributed by atoms with E-state index < -0.39 is 0 Å². The summed E-state index contributed by atoms with van der Waals surface area (Å²) in [6.07, 6.45) is 7.11. The van der Waals surface area contributed by atoms with E-state index in [0.717, 1.165) is 12.8 Å². The number of hydrogen-bond acceptors (Lipinski definition) is 2. The average molecular weight is 268 g/mol. The van der Waals surface area contributed by atoms with Crippen LogP contribution in [0, 0.1) is 0 Å². The lowest BCUT2D eigenvalue weighted by Crippen LogP contribution is -2.41. The van der Waals surface area contributed by atoms with Gasteiger partial charge < -0.3 is 9.47 Å². The largest absolute Gasteiger partial charge is 0.370 e. The first-order valence-corrected chi connectivity index (χ1v) is 7.58. The van der Waals surface area contributed by atoms with Gasteiger partial charge in [-0.15, -0.1) is 0 Å². The predicted molar refractivity (Wildman–Crippen MR) is 81.5 cm³/mol. The summed E-state index contributed by atoms with van der Waals surface area (Å²) in [5.74, 6) is 0. The van der Waals surface area contributed by atoms with Crippen molar-refractivity contribution in [3.63, 3.8) is 0 Å². The molecule has 0 bridgehead atoms. The first-order valence-electron chi connectivity index (χ1n) is 7.58. The Balaban J connectivity index is 2.82. The quantitative estimate of drug-likeness (QED) is 0.665. The maximum atomic E-state index is 6.25. The van der Waals surface area contributed by atoms with E-state index in [-0.39, 0.29) is 23.4 Å². The van der Waals surface area contributed by atoms with E-state index in [4.69, 9.17) is 9.47 Å². The SMILES string of the molecule is C/C1=C/CC(OC(C)(C)C)C(OC(C)(C)C)CCC1. The maximum Gasteiger partial charge on any atom is 0.0878 e. The van der Waals surface area contributed by atoms with Gasteiger partial charge in [-0.3, -0.25) is 0 Å². The molecule has 0 aromatic heterocycles. The zero-order valence-corrected chi connectivity index (χ0v) is 13.9. The highest BCUT2D eigenvalue weighted by Gasteiger charge is 2.30. The van der Waals surface area contributed by atoms with Crippen LogP contribution < -0.4 is 0 Å². The van der Waals surface area contributed by atoms with Gasteiger partial charge in [0.25, 0.3) is 0 Å². The van der Waals surface area contributed by atoms with E-state index in [1.165, 1.54) is 18.4 Å². The minimum absolute atomic E-state index is 0.109. The number of ether oxygens (including phenoxy) is 2. The van der Waals surface area contributed by atoms with E-state index in [2.05, 4.69) is 54.5 Å². The van der Waals surface area contributed by atoms with Gasteiger partial charge >= 0.3 is 0 Å². The van der Waals surface area contributed by atoms with Crippen LogP contribution in [0.4, 0.5) is 0 Å². The van der Waals surface area contributed by atoms with Gasteiger partial charge in [-0.25, -0.2) is 0 Å². The third kappa shape index (κ3) is 7.12. The summed E-state index contributed by atoms with van der Waals surface area (Å²) in [4.78, 5) is 0. The van der Waals surface area contributed by atoms with Crippen molar-refractivity contribution >= 4 is 0 Å². The van der Waals surface area contributed by atoms with E-state index >= 15 is 0 Å². The molecule has 0 aromatic rings. The molecule has 1 aliphatic carbocycles. The molecule has 0 fully saturated rings. The molecule has 1 aliphatic rings. The fourth-order valence-electron chi connectivity index (χ4n) is 2.51. The Kier molecular flexibility index (Phi) is 5.64. The van der Waals surface area contributed by atoms with Crippen LogP contribution in [-0.2, 0) is 9.47 Å². The highest BCUT2D eigenvalue weighted by molar-refractivity contribution is 5.02. The molecule has 2 atom stereocenters. The maximum absolute atomic E-state index is 6.25. The molecule has 0 aromatic carbocycles. The number of rotatable bonds is 2. The third-order valence-corrected chi connectivity index (χ3v) is 3.18. The van der Waals surface area contributed by atoms with Gasteiger partial charge in [0.15, 0.2) is 0 Å². The lowest BCUT2D eigenvalue weighted by molar-refractivity contribution is -0.164. The van der Waals surface area contributed by atoms with Crippen LogP contribution in [0.1, 0.15) is 74.1 Å². The molecule has 2 unspecified atom stereocenters. The Morgan fingerprint density at radius 3 is 2.00 bits per heavy atom. The topological polar surface area (TPSA) is 18.5 Å². The van der Waals surface area contributed by atoms with Gasteiger partial charge in [0.05, 0.1) is 23.4 Å². The third-order valence-electron chi connectivity index (χ3n) is 3.18. The monoisotopic (exact) mass is 268 g/mol. The van der Waals surface area contributed by atoms with Gasteiger partial charge in [0.2, 0.25) is 0 Å². The molecule has 0 radical (unpaired) electrons. The Morgan fingerprint density at radius 2 is 1.47 bits per heavy atom. The van der Waals surface area contributed by atoms with Gasteiger partial charge in [0.1, 0.15) is 0 Å². The summed E-state index contributed by atoms with van der Waals surface area (Å²) in [7, 11) is 0. The summed E-state index contributed by atoms with van der Waals surface area (Å²) >= 11 is 0. The Labute approximate surface area is 119 Å². The molecular weight excluding hydrogens is 236 g/mol. The fraction of sp³-hybridized carbons (Fsp3) is 0.882. The molecule has 1 rings (SSSR count). The van der Waals surface area contributed by atoms with Crippen molar-refractivity contribution in [2.24, 2.45) is 0 Å². The van der Waals surface area contributed by atoms with Crippen molar-refractivity contribution in [1.29, 1.82) is 0 Å². The van der Waals surface area contributed by atoms with Crippen LogP contribution in [-0.4, -0.2) is 23.4 Å². The number of allylic oxidation sites excluding steroid dienone is 1. The van der Waals surface area contributed by atoms with Crippen molar-refractivity contribution < 1.29 is 9.47 Å². The van der Waals surface area contributed by atoms with Gasteiger partial charge in [0, 0.05) is 0 Å². The lowest BCUT2D eigenvalue weighted by Gasteiger charge is -2.37. The molecule has 0 saturated heterocycles. The van der Waals surface area contributed by atoms with Gasteiger partial charge in [-0.1, -0.05) is 11.6 Å². The summed E-state index contributed by atoms with van der Waals surface area (Å²) < 4.78 is 12.5. The lowest BCUT2D eigenvalue weighted by atomic mass is 9.95. The van der Waals surface area contributed by atoms with Crippen LogP contribution in [0.3, 0.4) is 0 Å². The molecule has 0 N–H and O–H groups in total. The Hall–Kier alpha value is -0.340. The molecule has 19 heavy (non-hydrogen) atoms. The molecule has 0 heterocycles. The Morgan fingerprint density at radius 1 is 0.947 bits per heavy atom. The van der Waals surface area contributed by atoms with E-state index in [1.807, 2.05) is 0 Å². The van der Waals surface area contributed by atoms with E-state index in [0.29, 0.717) is 0 Å². The van der Waals surface area contributed by atoms with Gasteiger partial charge in [-0.2, -0.15) is 0 Å². The molecular formula is C17H32O2. The molecule has 0 saturated carbocycles. The zero-order valence-electron chi connectivity index (χ0n) is 13.9. The van der Waals surface area contributed by atoms with Crippen LogP contribution in [0.5, 0.6) is 0 Å². The summed E-state index contributed by atoms with van der Waals surface area (Å²) in [5.41, 5.74) is 1.25. The normalized spacial score (nSPS) is 29.3. The van der Waals surface area contributed by atoms with Crippen molar-refractivity contribution in [1.82, 2.24) is 0 Å². The zero-order chi connectivity index (χ0) is 14.7. The average Bonchev–Trinajstić information content (AvgIpc) is 2.17. The van der Waals surface area contributed by atoms with Gasteiger partial charge in [-0.05, 0) is 74.1 Å². The minimum atomic E-state index is -0.120. The molecule has 2 nitrogen and oxygen atoms in total. The Bertz CT molecular complexity index is 304. The van der Waals surface area contributed by atoms with E-state index in [9.17, 15) is 0 Å². The molecule has 0 amide bonds. The van der Waals surface area contributed by atoms with Crippen molar-refractivity contribution in [2.75, 3.05) is 0 Å². The highest BCUT2D eigenvalue weighted by Crippen LogP contribution is 2.28. The van der Waals surface area contributed by atoms with Crippen molar-refractivity contribution in [3.8, 4) is 0 Å². The predicted octanol–water partition coefficient (Wildman–Crippen LogP) is 4.87. The fourth-order valence-corrected chi connectivity index (χ4v) is 2.51. The van der Waals surface area contributed by atoms with Crippen LogP contribution in [0.2, 0.25) is 0 Å². The summed E-state index contributed by atoms with van der Waals surface area (Å²) in [6, 6.07) is 0. The minimum Gasteiger partial charge on any atom is -0.370 e. The molecule has 0 spiro atoms. The smallest absolute Gasteiger partial charge is 0.0878 e. The second-order valence-corrected chi connectivity index (χ2v) is 7.72. The second kappa shape index (κ2) is 6.41. The highest BCUT2D eigenvalue weighted by atomic mass is 16.6. The molecule has 112 valence electrons. The second-order valence-electron chi connectivity index (χ2n) is 7.72. The summed E-state index contributed by atoms with van der Waals surface area (Å²) in [6.45, 7) is 15.0. The number of hydrogen-bond donors (Lipinski definition) is 0. The van der Waals surface area contributed by atoms with Crippen LogP contribution in [0.15, 0.2) is 11.6 Å². The molecule has 0 aliphatic heterocycles. The first kappa shape index (κ1) is 16.7. The van der Waals surface area contributed by atoms with E-state index in [1.54, 1.807) is 0 Å². The standard InChI is InChI=1S/C17H32O2/c1-13-9-8-10-14(18-16(2,3)4)15(12-11-13)19-17(5,6)7/h11,14-15H,8-10,12H2,1-7H3/b13-11-. The first-order chi connectivity index (χ1) is 8.57.